The van der Waals surface area contributed by atoms with E-state index < -0.39 is 11.8 Å². The van der Waals surface area contributed by atoms with Crippen molar-refractivity contribution in [2.45, 2.75) is 44.9 Å². The molecule has 6 nitrogen and oxygen atoms in total. The molecule has 184 valence electrons. The van der Waals surface area contributed by atoms with Crippen molar-refractivity contribution in [3.05, 3.63) is 69.9 Å². The third kappa shape index (κ3) is 4.98. The second-order valence-corrected chi connectivity index (χ2v) is 9.36. The number of ether oxygens (including phenoxy) is 3. The van der Waals surface area contributed by atoms with E-state index in [4.69, 9.17) is 30.8 Å². The third-order valence-electron chi connectivity index (χ3n) is 6.70. The van der Waals surface area contributed by atoms with Gasteiger partial charge in [-0.15, -0.1) is 0 Å². The van der Waals surface area contributed by atoms with Crippen molar-refractivity contribution in [2.24, 2.45) is 10.9 Å². The molecule has 1 unspecified atom stereocenters. The molecule has 0 spiro atoms. The summed E-state index contributed by atoms with van der Waals surface area (Å²) >= 11 is 6.07. The molecule has 0 radical (unpaired) electrons. The summed E-state index contributed by atoms with van der Waals surface area (Å²) in [6.45, 7) is 4.08. The van der Waals surface area contributed by atoms with Crippen molar-refractivity contribution in [3.63, 3.8) is 0 Å². The summed E-state index contributed by atoms with van der Waals surface area (Å²) in [4.78, 5) is 31.8. The van der Waals surface area contributed by atoms with Crippen LogP contribution in [0.15, 0.2) is 58.7 Å². The largest absolute Gasteiger partial charge is 0.497 e. The Hall–Kier alpha value is -3.12. The lowest BCUT2D eigenvalue weighted by molar-refractivity contribution is -0.146. The zero-order chi connectivity index (χ0) is 25.1. The van der Waals surface area contributed by atoms with Crippen LogP contribution in [0.3, 0.4) is 0 Å². The Morgan fingerprint density at radius 2 is 1.83 bits per heavy atom. The molecule has 1 aliphatic carbocycles. The standard InChI is InChI=1S/C28H30ClNO5/c1-5-12-35-28(32)25-16(2)30-22-13-18(17-6-8-19(29)9-7-17)14-23(31)27(22)26(25)21-15-20(33-3)10-11-24(21)34-4/h6-11,15,18,25-26H,5,12-14H2,1-4H3/t18-,25?,26-/m1/s1. The first-order valence-corrected chi connectivity index (χ1v) is 12.2. The Labute approximate surface area is 210 Å². The van der Waals surface area contributed by atoms with Crippen LogP contribution in [0, 0.1) is 5.92 Å². The van der Waals surface area contributed by atoms with Gasteiger partial charge in [-0.3, -0.25) is 14.6 Å². The Morgan fingerprint density at radius 3 is 2.49 bits per heavy atom. The van der Waals surface area contributed by atoms with Crippen molar-refractivity contribution in [3.8, 4) is 11.5 Å². The summed E-state index contributed by atoms with van der Waals surface area (Å²) in [5.74, 6) is -0.517. The minimum absolute atomic E-state index is 0.00786. The molecule has 1 heterocycles. The van der Waals surface area contributed by atoms with E-state index in [2.05, 4.69) is 0 Å². The van der Waals surface area contributed by atoms with Gasteiger partial charge in [-0.2, -0.15) is 0 Å². The molecule has 7 heteroatoms. The summed E-state index contributed by atoms with van der Waals surface area (Å²) in [6, 6.07) is 13.0. The highest BCUT2D eigenvalue weighted by molar-refractivity contribution is 6.30. The number of aliphatic imine (C=N–C) groups is 1. The molecule has 0 bridgehead atoms. The van der Waals surface area contributed by atoms with Crippen molar-refractivity contribution >= 4 is 29.1 Å². The van der Waals surface area contributed by atoms with Crippen LogP contribution in [-0.4, -0.2) is 38.3 Å². The number of Topliss-reactive ketones (excluding diaryl/α,β-unsaturated/α-hetero) is 1. The van der Waals surface area contributed by atoms with Gasteiger partial charge in [-0.1, -0.05) is 30.7 Å². The maximum absolute atomic E-state index is 13.7. The molecule has 2 aliphatic rings. The highest BCUT2D eigenvalue weighted by Crippen LogP contribution is 2.49. The maximum Gasteiger partial charge on any atom is 0.315 e. The van der Waals surface area contributed by atoms with Crippen LogP contribution in [0.4, 0.5) is 0 Å². The van der Waals surface area contributed by atoms with Gasteiger partial charge in [0.05, 0.1) is 20.8 Å². The second-order valence-electron chi connectivity index (χ2n) is 8.92. The van der Waals surface area contributed by atoms with Gasteiger partial charge in [0.15, 0.2) is 5.78 Å². The Bertz CT molecular complexity index is 1180. The monoisotopic (exact) mass is 495 g/mol. The molecule has 2 aromatic carbocycles. The van der Waals surface area contributed by atoms with Crippen molar-refractivity contribution < 1.29 is 23.8 Å². The fourth-order valence-corrected chi connectivity index (χ4v) is 5.17. The first-order chi connectivity index (χ1) is 16.9. The molecule has 3 atom stereocenters. The molecule has 0 saturated heterocycles. The van der Waals surface area contributed by atoms with Crippen LogP contribution < -0.4 is 9.47 Å². The molecule has 0 N–H and O–H groups in total. The Kier molecular flexibility index (Phi) is 7.60. The quantitative estimate of drug-likeness (QED) is 0.448. The molecule has 0 saturated carbocycles. The summed E-state index contributed by atoms with van der Waals surface area (Å²) in [7, 11) is 3.16. The lowest BCUT2D eigenvalue weighted by Crippen LogP contribution is -2.38. The van der Waals surface area contributed by atoms with E-state index in [1.54, 1.807) is 26.4 Å². The molecule has 1 aliphatic heterocycles. The zero-order valence-electron chi connectivity index (χ0n) is 20.5. The van der Waals surface area contributed by atoms with Gasteiger partial charge in [-0.05, 0) is 61.6 Å². The maximum atomic E-state index is 13.7. The van der Waals surface area contributed by atoms with Crippen LogP contribution in [0.5, 0.6) is 11.5 Å². The van der Waals surface area contributed by atoms with Gasteiger partial charge < -0.3 is 14.2 Å². The number of hydrogen-bond acceptors (Lipinski definition) is 6. The van der Waals surface area contributed by atoms with E-state index in [0.717, 1.165) is 5.56 Å². The van der Waals surface area contributed by atoms with Gasteiger partial charge in [0, 0.05) is 39.9 Å². The third-order valence-corrected chi connectivity index (χ3v) is 6.96. The fraction of sp³-hybridized carbons (Fsp3) is 0.393. The number of esters is 1. The average Bonchev–Trinajstić information content (AvgIpc) is 2.86. The predicted molar refractivity (Wildman–Crippen MR) is 136 cm³/mol. The van der Waals surface area contributed by atoms with E-state index in [-0.39, 0.29) is 17.7 Å². The summed E-state index contributed by atoms with van der Waals surface area (Å²) in [5, 5.41) is 0.654. The number of allylic oxidation sites excluding steroid dienone is 2. The van der Waals surface area contributed by atoms with E-state index in [1.165, 1.54) is 0 Å². The van der Waals surface area contributed by atoms with Crippen molar-refractivity contribution in [2.75, 3.05) is 20.8 Å². The van der Waals surface area contributed by atoms with Crippen LogP contribution in [0.2, 0.25) is 5.02 Å². The van der Waals surface area contributed by atoms with Gasteiger partial charge >= 0.3 is 5.97 Å². The first kappa shape index (κ1) is 25.0. The number of halogens is 1. The minimum Gasteiger partial charge on any atom is -0.497 e. The summed E-state index contributed by atoms with van der Waals surface area (Å²) < 4.78 is 16.7. The van der Waals surface area contributed by atoms with Crippen LogP contribution in [0.25, 0.3) is 0 Å². The van der Waals surface area contributed by atoms with E-state index >= 15 is 0 Å². The van der Waals surface area contributed by atoms with Gasteiger partial charge in [-0.25, -0.2) is 0 Å². The molecule has 0 amide bonds. The van der Waals surface area contributed by atoms with Crippen LogP contribution >= 0.6 is 11.6 Å². The molecular formula is C28H30ClNO5. The number of benzene rings is 2. The highest BCUT2D eigenvalue weighted by Gasteiger charge is 2.45. The Balaban J connectivity index is 1.84. The molecular weight excluding hydrogens is 466 g/mol. The molecule has 2 aromatic rings. The summed E-state index contributed by atoms with van der Waals surface area (Å²) in [6.07, 6.45) is 1.63. The molecule has 35 heavy (non-hydrogen) atoms. The number of rotatable bonds is 7. The smallest absolute Gasteiger partial charge is 0.315 e. The van der Waals surface area contributed by atoms with Gasteiger partial charge in [0.25, 0.3) is 0 Å². The number of hydrogen-bond donors (Lipinski definition) is 0. The number of nitrogens with zero attached hydrogens (tertiary/aromatic N) is 1. The van der Waals surface area contributed by atoms with E-state index in [9.17, 15) is 9.59 Å². The van der Waals surface area contributed by atoms with Crippen LogP contribution in [0.1, 0.15) is 56.1 Å². The lowest BCUT2D eigenvalue weighted by atomic mass is 9.69. The molecule has 4 rings (SSSR count). The second kappa shape index (κ2) is 10.6. The SMILES string of the molecule is CCCOC(=O)C1C(C)=NC2=C(C(=O)C[C@H](c3ccc(Cl)cc3)C2)[C@@H]1c1cc(OC)ccc1OC. The lowest BCUT2D eigenvalue weighted by Gasteiger charge is -2.37. The number of ketones is 1. The topological polar surface area (TPSA) is 74.2 Å². The summed E-state index contributed by atoms with van der Waals surface area (Å²) in [5.41, 5.74) is 3.66. The molecule has 0 aromatic heterocycles. The normalized spacial score (nSPS) is 21.8. The Morgan fingerprint density at radius 1 is 1.09 bits per heavy atom. The van der Waals surface area contributed by atoms with Crippen molar-refractivity contribution in [1.82, 2.24) is 0 Å². The first-order valence-electron chi connectivity index (χ1n) is 11.8. The minimum atomic E-state index is -0.725. The van der Waals surface area contributed by atoms with E-state index in [1.807, 2.05) is 44.2 Å². The zero-order valence-corrected chi connectivity index (χ0v) is 21.2. The molecule has 0 fully saturated rings. The average molecular weight is 496 g/mol. The number of carbonyl (C=O) groups is 2. The highest BCUT2D eigenvalue weighted by atomic mass is 35.5. The van der Waals surface area contributed by atoms with Gasteiger partial charge in [0.1, 0.15) is 17.4 Å². The number of methoxy groups -OCH3 is 2. The van der Waals surface area contributed by atoms with Crippen molar-refractivity contribution in [1.29, 1.82) is 0 Å². The van der Waals surface area contributed by atoms with Gasteiger partial charge in [0.2, 0.25) is 0 Å². The van der Waals surface area contributed by atoms with E-state index in [0.29, 0.717) is 64.9 Å². The fourth-order valence-electron chi connectivity index (χ4n) is 5.05. The van der Waals surface area contributed by atoms with Crippen LogP contribution in [-0.2, 0) is 14.3 Å². The number of carbonyl (C=O) groups excluding carboxylic acids is 2. The predicted octanol–water partition coefficient (Wildman–Crippen LogP) is 5.89.